The molecule has 32 heavy (non-hydrogen) atoms. The Bertz CT molecular complexity index is 915. The second-order valence-corrected chi connectivity index (χ2v) is 7.90. The number of aliphatic imine (C=N–C) groups is 1. The maximum absolute atomic E-state index is 12.2. The number of para-hydroxylation sites is 2. The fraction of sp³-hybridized carbons (Fsp3) is 0.440. The van der Waals surface area contributed by atoms with Crippen LogP contribution in [0.3, 0.4) is 0 Å². The van der Waals surface area contributed by atoms with Gasteiger partial charge in [-0.3, -0.25) is 4.79 Å². The van der Waals surface area contributed by atoms with Gasteiger partial charge in [0.15, 0.2) is 5.96 Å². The van der Waals surface area contributed by atoms with E-state index in [1.165, 1.54) is 0 Å². The number of nitrogens with zero attached hydrogens (tertiary/aromatic N) is 2. The zero-order valence-electron chi connectivity index (χ0n) is 19.4. The highest BCUT2D eigenvalue weighted by atomic mass is 16.5. The Morgan fingerprint density at radius 2 is 2.00 bits per heavy atom. The molecular weight excluding hydrogens is 402 g/mol. The minimum absolute atomic E-state index is 0.0369. The summed E-state index contributed by atoms with van der Waals surface area (Å²) in [5.74, 6) is 1.65. The molecule has 0 aromatic heterocycles. The summed E-state index contributed by atoms with van der Waals surface area (Å²) in [5.41, 5.74) is 2.81. The van der Waals surface area contributed by atoms with Crippen LogP contribution in [0.15, 0.2) is 53.5 Å². The number of hydrogen-bond donors (Lipinski definition) is 3. The van der Waals surface area contributed by atoms with E-state index in [0.717, 1.165) is 55.4 Å². The summed E-state index contributed by atoms with van der Waals surface area (Å²) in [6.45, 7) is 7.93. The number of methoxy groups -OCH3 is 1. The minimum atomic E-state index is -0.0369. The van der Waals surface area contributed by atoms with Gasteiger partial charge in [-0.2, -0.15) is 0 Å². The first-order chi connectivity index (χ1) is 15.6. The molecule has 0 bridgehead atoms. The third-order valence-electron chi connectivity index (χ3n) is 5.44. The molecule has 2 aromatic rings. The Morgan fingerprint density at radius 1 is 1.16 bits per heavy atom. The topological polar surface area (TPSA) is 78.0 Å². The van der Waals surface area contributed by atoms with E-state index in [1.807, 2.05) is 49.4 Å². The van der Waals surface area contributed by atoms with Crippen molar-refractivity contribution in [2.75, 3.05) is 38.2 Å². The van der Waals surface area contributed by atoms with Crippen molar-refractivity contribution in [3.05, 3.63) is 59.7 Å². The number of amides is 1. The number of hydrogen-bond acceptors (Lipinski definition) is 4. The van der Waals surface area contributed by atoms with E-state index in [4.69, 9.17) is 9.73 Å². The SMILES string of the molecule is CCCNC(=O)c1cccc(CN=C(NCC)NC2CCN(c3ccccc3OC)C2)c1. The van der Waals surface area contributed by atoms with Gasteiger partial charge in [-0.05, 0) is 49.6 Å². The normalized spacial score (nSPS) is 16.0. The third-order valence-corrected chi connectivity index (χ3v) is 5.44. The van der Waals surface area contributed by atoms with Crippen molar-refractivity contribution in [1.82, 2.24) is 16.0 Å². The lowest BCUT2D eigenvalue weighted by molar-refractivity contribution is 0.0953. The summed E-state index contributed by atoms with van der Waals surface area (Å²) >= 11 is 0. The molecular formula is C25H35N5O2. The van der Waals surface area contributed by atoms with E-state index >= 15 is 0 Å². The molecule has 1 heterocycles. The lowest BCUT2D eigenvalue weighted by Crippen LogP contribution is -2.44. The minimum Gasteiger partial charge on any atom is -0.495 e. The van der Waals surface area contributed by atoms with Gasteiger partial charge >= 0.3 is 0 Å². The standard InChI is InChI=1S/C25H35N5O2/c1-4-14-27-24(31)20-10-8-9-19(16-20)17-28-25(26-5-2)29-21-13-15-30(18-21)22-11-6-7-12-23(22)32-3/h6-12,16,21H,4-5,13-15,17-18H2,1-3H3,(H,27,31)(H2,26,28,29). The Balaban J connectivity index is 1.62. The largest absolute Gasteiger partial charge is 0.495 e. The zero-order valence-corrected chi connectivity index (χ0v) is 19.4. The molecule has 1 saturated heterocycles. The summed E-state index contributed by atoms with van der Waals surface area (Å²) in [7, 11) is 1.71. The molecule has 3 N–H and O–H groups in total. The first kappa shape index (κ1) is 23.4. The van der Waals surface area contributed by atoms with Crippen molar-refractivity contribution in [3.8, 4) is 5.75 Å². The first-order valence-corrected chi connectivity index (χ1v) is 11.4. The molecule has 172 valence electrons. The number of ether oxygens (including phenoxy) is 1. The molecule has 7 nitrogen and oxygen atoms in total. The molecule has 1 amide bonds. The van der Waals surface area contributed by atoms with Gasteiger partial charge in [0.05, 0.1) is 19.3 Å². The lowest BCUT2D eigenvalue weighted by Gasteiger charge is -2.22. The van der Waals surface area contributed by atoms with Crippen molar-refractivity contribution in [2.45, 2.75) is 39.3 Å². The van der Waals surface area contributed by atoms with Crippen molar-refractivity contribution in [3.63, 3.8) is 0 Å². The van der Waals surface area contributed by atoms with E-state index in [0.29, 0.717) is 24.7 Å². The summed E-state index contributed by atoms with van der Waals surface area (Å²) in [6.07, 6.45) is 1.94. The highest BCUT2D eigenvalue weighted by Crippen LogP contribution is 2.30. The third kappa shape index (κ3) is 6.39. The van der Waals surface area contributed by atoms with Crippen LogP contribution < -0.4 is 25.6 Å². The maximum atomic E-state index is 12.2. The van der Waals surface area contributed by atoms with Crippen LogP contribution in [-0.2, 0) is 6.54 Å². The van der Waals surface area contributed by atoms with Crippen LogP contribution >= 0.6 is 0 Å². The second kappa shape index (κ2) is 12.0. The van der Waals surface area contributed by atoms with E-state index in [-0.39, 0.29) is 5.91 Å². The highest BCUT2D eigenvalue weighted by molar-refractivity contribution is 5.94. The molecule has 1 fully saturated rings. The Labute approximate surface area is 191 Å². The van der Waals surface area contributed by atoms with Crippen LogP contribution in [0.1, 0.15) is 42.6 Å². The molecule has 0 aliphatic carbocycles. The summed E-state index contributed by atoms with van der Waals surface area (Å²) in [6, 6.07) is 16.1. The molecule has 2 aromatic carbocycles. The van der Waals surface area contributed by atoms with Gasteiger partial charge in [0.1, 0.15) is 5.75 Å². The molecule has 1 aliphatic heterocycles. The Morgan fingerprint density at radius 3 is 2.78 bits per heavy atom. The van der Waals surface area contributed by atoms with Crippen molar-refractivity contribution < 1.29 is 9.53 Å². The van der Waals surface area contributed by atoms with Gasteiger partial charge in [0.2, 0.25) is 0 Å². The van der Waals surface area contributed by atoms with Gasteiger partial charge in [0, 0.05) is 37.8 Å². The quantitative estimate of drug-likeness (QED) is 0.415. The second-order valence-electron chi connectivity index (χ2n) is 7.90. The number of anilines is 1. The number of nitrogens with one attached hydrogen (secondary N) is 3. The Hall–Kier alpha value is -3.22. The molecule has 1 atom stereocenters. The lowest BCUT2D eigenvalue weighted by atomic mass is 10.1. The average molecular weight is 438 g/mol. The molecule has 0 saturated carbocycles. The summed E-state index contributed by atoms with van der Waals surface area (Å²) in [5, 5.41) is 9.83. The fourth-order valence-corrected chi connectivity index (χ4v) is 3.82. The zero-order chi connectivity index (χ0) is 22.8. The van der Waals surface area contributed by atoms with Crippen LogP contribution in [0, 0.1) is 0 Å². The van der Waals surface area contributed by atoms with Crippen LogP contribution in [0.4, 0.5) is 5.69 Å². The Kier molecular flexibility index (Phi) is 8.78. The monoisotopic (exact) mass is 437 g/mol. The fourth-order valence-electron chi connectivity index (χ4n) is 3.82. The van der Waals surface area contributed by atoms with E-state index in [2.05, 4.69) is 33.8 Å². The van der Waals surface area contributed by atoms with Crippen molar-refractivity contribution in [1.29, 1.82) is 0 Å². The number of guanidine groups is 1. The van der Waals surface area contributed by atoms with Crippen LogP contribution in [-0.4, -0.2) is 51.2 Å². The van der Waals surface area contributed by atoms with Gasteiger partial charge < -0.3 is 25.6 Å². The molecule has 0 spiro atoms. The molecule has 3 rings (SSSR count). The van der Waals surface area contributed by atoms with Crippen molar-refractivity contribution >= 4 is 17.6 Å². The number of benzene rings is 2. The molecule has 0 radical (unpaired) electrons. The number of carbonyl (C=O) groups is 1. The van der Waals surface area contributed by atoms with Crippen LogP contribution in [0.2, 0.25) is 0 Å². The highest BCUT2D eigenvalue weighted by Gasteiger charge is 2.25. The van der Waals surface area contributed by atoms with Gasteiger partial charge in [-0.25, -0.2) is 4.99 Å². The maximum Gasteiger partial charge on any atom is 0.251 e. The smallest absolute Gasteiger partial charge is 0.251 e. The molecule has 1 unspecified atom stereocenters. The predicted octanol–water partition coefficient (Wildman–Crippen LogP) is 3.17. The molecule has 1 aliphatic rings. The summed E-state index contributed by atoms with van der Waals surface area (Å²) in [4.78, 5) is 19.3. The van der Waals surface area contributed by atoms with Gasteiger partial charge in [-0.15, -0.1) is 0 Å². The van der Waals surface area contributed by atoms with Crippen LogP contribution in [0.25, 0.3) is 0 Å². The number of rotatable bonds is 9. The van der Waals surface area contributed by atoms with Crippen LogP contribution in [0.5, 0.6) is 5.75 Å². The first-order valence-electron chi connectivity index (χ1n) is 11.4. The molecule has 7 heteroatoms. The average Bonchev–Trinajstić information content (AvgIpc) is 3.29. The van der Waals surface area contributed by atoms with E-state index in [9.17, 15) is 4.79 Å². The summed E-state index contributed by atoms with van der Waals surface area (Å²) < 4.78 is 5.52. The number of carbonyl (C=O) groups excluding carboxylic acids is 1. The van der Waals surface area contributed by atoms with Crippen molar-refractivity contribution in [2.24, 2.45) is 4.99 Å². The predicted molar refractivity (Wildman–Crippen MR) is 131 cm³/mol. The van der Waals surface area contributed by atoms with E-state index in [1.54, 1.807) is 7.11 Å². The van der Waals surface area contributed by atoms with Gasteiger partial charge in [-0.1, -0.05) is 31.2 Å². The van der Waals surface area contributed by atoms with E-state index < -0.39 is 0 Å². The van der Waals surface area contributed by atoms with Gasteiger partial charge in [0.25, 0.3) is 5.91 Å².